The van der Waals surface area contributed by atoms with Crippen LogP contribution in [-0.4, -0.2) is 43.2 Å². The van der Waals surface area contributed by atoms with E-state index in [1.165, 1.54) is 0 Å². The van der Waals surface area contributed by atoms with Crippen LogP contribution in [0.5, 0.6) is 0 Å². The lowest BCUT2D eigenvalue weighted by Crippen LogP contribution is -2.45. The van der Waals surface area contributed by atoms with E-state index in [1.807, 2.05) is 11.9 Å². The van der Waals surface area contributed by atoms with E-state index >= 15 is 0 Å². The largest absolute Gasteiger partial charge is 0.491 e. The highest BCUT2D eigenvalue weighted by Crippen LogP contribution is 2.20. The van der Waals surface area contributed by atoms with Crippen LogP contribution in [0, 0.1) is 5.92 Å². The van der Waals surface area contributed by atoms with Gasteiger partial charge < -0.3 is 9.64 Å². The molecule has 86 valence electrons. The van der Waals surface area contributed by atoms with Crippen molar-refractivity contribution in [3.05, 3.63) is 0 Å². The average Bonchev–Trinajstić information content (AvgIpc) is 1.99. The highest BCUT2D eigenvalue weighted by atomic mass is 19.4. The van der Waals surface area contributed by atoms with Crippen molar-refractivity contribution in [2.75, 3.05) is 20.1 Å². The summed E-state index contributed by atoms with van der Waals surface area (Å²) in [6.07, 6.45) is -5.25. The fraction of sp³-hybridized carbons (Fsp3) is 0.750. The van der Waals surface area contributed by atoms with Gasteiger partial charge >= 0.3 is 18.1 Å². The molecule has 0 spiro atoms. The van der Waals surface area contributed by atoms with Crippen molar-refractivity contribution >= 4 is 11.9 Å². The third-order valence-corrected chi connectivity index (χ3v) is 2.03. The van der Waals surface area contributed by atoms with Crippen molar-refractivity contribution in [1.29, 1.82) is 0 Å². The Morgan fingerprint density at radius 3 is 2.33 bits per heavy atom. The van der Waals surface area contributed by atoms with Crippen LogP contribution >= 0.6 is 0 Å². The standard InChI is InChI=1S/C8H10F3NO3/c1-12-3-5(4-12)2-6(13)15-7(14)8(9,10)11/h5H,2-4H2,1H3. The monoisotopic (exact) mass is 225 g/mol. The van der Waals surface area contributed by atoms with Crippen molar-refractivity contribution in [3.63, 3.8) is 0 Å². The number of rotatable bonds is 2. The molecule has 0 N–H and O–H groups in total. The summed E-state index contributed by atoms with van der Waals surface area (Å²) in [6, 6.07) is 0. The van der Waals surface area contributed by atoms with Crippen LogP contribution < -0.4 is 0 Å². The number of likely N-dealkylation sites (tertiary alicyclic amines) is 1. The third kappa shape index (κ3) is 3.50. The number of carbonyl (C=O) groups excluding carboxylic acids is 2. The van der Waals surface area contributed by atoms with Gasteiger partial charge in [0.05, 0.1) is 6.42 Å². The highest BCUT2D eigenvalue weighted by Gasteiger charge is 2.42. The first-order valence-corrected chi connectivity index (χ1v) is 4.29. The highest BCUT2D eigenvalue weighted by molar-refractivity contribution is 5.88. The second-order valence-corrected chi connectivity index (χ2v) is 3.55. The molecular weight excluding hydrogens is 215 g/mol. The summed E-state index contributed by atoms with van der Waals surface area (Å²) in [5.41, 5.74) is 0. The van der Waals surface area contributed by atoms with Gasteiger partial charge in [0.25, 0.3) is 0 Å². The van der Waals surface area contributed by atoms with Crippen molar-refractivity contribution in [3.8, 4) is 0 Å². The van der Waals surface area contributed by atoms with E-state index in [-0.39, 0.29) is 12.3 Å². The normalized spacial score (nSPS) is 18.4. The lowest BCUT2D eigenvalue weighted by molar-refractivity contribution is -0.202. The minimum atomic E-state index is -5.11. The van der Waals surface area contributed by atoms with E-state index in [2.05, 4.69) is 4.74 Å². The molecule has 7 heteroatoms. The van der Waals surface area contributed by atoms with E-state index in [9.17, 15) is 22.8 Å². The van der Waals surface area contributed by atoms with Gasteiger partial charge in [-0.15, -0.1) is 0 Å². The summed E-state index contributed by atoms with van der Waals surface area (Å²) in [6.45, 7) is 1.27. The molecule has 1 rings (SSSR count). The topological polar surface area (TPSA) is 46.6 Å². The minimum absolute atomic E-state index is 0.0106. The van der Waals surface area contributed by atoms with Gasteiger partial charge in [-0.2, -0.15) is 13.2 Å². The molecule has 1 fully saturated rings. The fourth-order valence-electron chi connectivity index (χ4n) is 1.40. The van der Waals surface area contributed by atoms with Crippen LogP contribution in [0.4, 0.5) is 13.2 Å². The van der Waals surface area contributed by atoms with Crippen molar-refractivity contribution in [1.82, 2.24) is 4.90 Å². The number of esters is 2. The third-order valence-electron chi connectivity index (χ3n) is 2.03. The second kappa shape index (κ2) is 4.18. The number of hydrogen-bond acceptors (Lipinski definition) is 4. The smallest absolute Gasteiger partial charge is 0.386 e. The van der Waals surface area contributed by atoms with E-state index in [1.54, 1.807) is 0 Å². The van der Waals surface area contributed by atoms with Gasteiger partial charge in [-0.3, -0.25) is 4.79 Å². The Labute approximate surface area is 84.0 Å². The number of alkyl halides is 3. The molecule has 0 aliphatic carbocycles. The molecule has 0 aromatic rings. The SMILES string of the molecule is CN1CC(CC(=O)OC(=O)C(F)(F)F)C1. The first-order chi connectivity index (χ1) is 6.79. The summed E-state index contributed by atoms with van der Waals surface area (Å²) in [4.78, 5) is 23.0. The molecule has 0 radical (unpaired) electrons. The zero-order chi connectivity index (χ0) is 11.6. The predicted octanol–water partition coefficient (Wildman–Crippen LogP) is 0.570. The number of ether oxygens (including phenoxy) is 1. The van der Waals surface area contributed by atoms with Gasteiger partial charge in [-0.05, 0) is 13.0 Å². The van der Waals surface area contributed by atoms with Crippen LogP contribution in [0.15, 0.2) is 0 Å². The quantitative estimate of drug-likeness (QED) is 0.509. The molecule has 1 aliphatic heterocycles. The van der Waals surface area contributed by atoms with Gasteiger partial charge in [0.15, 0.2) is 0 Å². The van der Waals surface area contributed by atoms with Gasteiger partial charge in [0, 0.05) is 13.1 Å². The summed E-state index contributed by atoms with van der Waals surface area (Å²) < 4.78 is 38.6. The van der Waals surface area contributed by atoms with E-state index < -0.39 is 18.1 Å². The zero-order valence-corrected chi connectivity index (χ0v) is 8.00. The maximum absolute atomic E-state index is 11.7. The molecule has 1 aliphatic rings. The molecule has 0 unspecified atom stereocenters. The molecule has 0 atom stereocenters. The lowest BCUT2D eigenvalue weighted by atomic mass is 9.97. The molecule has 0 aromatic heterocycles. The van der Waals surface area contributed by atoms with E-state index in [0.717, 1.165) is 0 Å². The lowest BCUT2D eigenvalue weighted by Gasteiger charge is -2.35. The fourth-order valence-corrected chi connectivity index (χ4v) is 1.40. The molecule has 0 bridgehead atoms. The molecular formula is C8H10F3NO3. The second-order valence-electron chi connectivity index (χ2n) is 3.55. The number of nitrogens with zero attached hydrogens (tertiary/aromatic N) is 1. The molecule has 0 amide bonds. The number of hydrogen-bond donors (Lipinski definition) is 0. The van der Waals surface area contributed by atoms with Crippen molar-refractivity contribution < 1.29 is 27.5 Å². The van der Waals surface area contributed by atoms with Crippen LogP contribution in [0.2, 0.25) is 0 Å². The Kier molecular flexibility index (Phi) is 3.33. The minimum Gasteiger partial charge on any atom is -0.386 e. The van der Waals surface area contributed by atoms with Gasteiger partial charge in [-0.1, -0.05) is 0 Å². The summed E-state index contributed by atoms with van der Waals surface area (Å²) in [7, 11) is 1.82. The Bertz CT molecular complexity index is 271. The molecule has 4 nitrogen and oxygen atoms in total. The van der Waals surface area contributed by atoms with Crippen LogP contribution in [-0.2, 0) is 14.3 Å². The predicted molar refractivity (Wildman–Crippen MR) is 42.8 cm³/mol. The van der Waals surface area contributed by atoms with Gasteiger partial charge in [0.2, 0.25) is 0 Å². The van der Waals surface area contributed by atoms with Crippen LogP contribution in [0.25, 0.3) is 0 Å². The maximum atomic E-state index is 11.7. The van der Waals surface area contributed by atoms with Gasteiger partial charge in [0.1, 0.15) is 0 Å². The Morgan fingerprint density at radius 2 is 1.93 bits per heavy atom. The number of halogens is 3. The summed E-state index contributed by atoms with van der Waals surface area (Å²) in [5, 5.41) is 0. The van der Waals surface area contributed by atoms with Crippen molar-refractivity contribution in [2.24, 2.45) is 5.92 Å². The maximum Gasteiger partial charge on any atom is 0.491 e. The average molecular weight is 225 g/mol. The Balaban J connectivity index is 2.27. The molecule has 0 saturated carbocycles. The van der Waals surface area contributed by atoms with Crippen molar-refractivity contribution in [2.45, 2.75) is 12.6 Å². The summed E-state index contributed by atoms with van der Waals surface area (Å²) >= 11 is 0. The first kappa shape index (κ1) is 12.0. The first-order valence-electron chi connectivity index (χ1n) is 4.29. The molecule has 1 saturated heterocycles. The molecule has 15 heavy (non-hydrogen) atoms. The van der Waals surface area contributed by atoms with E-state index in [4.69, 9.17) is 0 Å². The van der Waals surface area contributed by atoms with Crippen LogP contribution in [0.3, 0.4) is 0 Å². The zero-order valence-electron chi connectivity index (χ0n) is 8.00. The van der Waals surface area contributed by atoms with E-state index in [0.29, 0.717) is 13.1 Å². The molecule has 0 aromatic carbocycles. The summed E-state index contributed by atoms with van der Waals surface area (Å²) in [5.74, 6) is -3.57. The van der Waals surface area contributed by atoms with Crippen LogP contribution in [0.1, 0.15) is 6.42 Å². The Morgan fingerprint density at radius 1 is 1.40 bits per heavy atom. The van der Waals surface area contributed by atoms with Gasteiger partial charge in [-0.25, -0.2) is 4.79 Å². The Hall–Kier alpha value is -1.11. The number of carbonyl (C=O) groups is 2. The molecule has 1 heterocycles.